The normalized spacial score (nSPS) is 16.4. The second-order valence-electron chi connectivity index (χ2n) is 4.70. The second-order valence-corrected chi connectivity index (χ2v) is 4.70. The van der Waals surface area contributed by atoms with E-state index in [1.165, 1.54) is 0 Å². The van der Waals surface area contributed by atoms with E-state index in [0.717, 1.165) is 44.2 Å². The molecular formula is C13H20BNO4. The van der Waals surface area contributed by atoms with Gasteiger partial charge in [0.15, 0.2) is 0 Å². The summed E-state index contributed by atoms with van der Waals surface area (Å²) in [5, 5.41) is 18.2. The Kier molecular flexibility index (Phi) is 5.21. The Labute approximate surface area is 113 Å². The molecule has 19 heavy (non-hydrogen) atoms. The first-order valence-electron chi connectivity index (χ1n) is 6.56. The SMILES string of the molecule is Cc1cc(B(O)O)ccc1OCCN1CCOCC1. The summed E-state index contributed by atoms with van der Waals surface area (Å²) in [6.45, 7) is 6.91. The summed E-state index contributed by atoms with van der Waals surface area (Å²) in [5.41, 5.74) is 1.39. The van der Waals surface area contributed by atoms with Crippen LogP contribution in [0.2, 0.25) is 0 Å². The molecule has 1 fully saturated rings. The van der Waals surface area contributed by atoms with Crippen molar-refractivity contribution in [2.45, 2.75) is 6.92 Å². The summed E-state index contributed by atoms with van der Waals surface area (Å²) in [5.74, 6) is 0.789. The number of rotatable bonds is 5. The van der Waals surface area contributed by atoms with Crippen LogP contribution in [0.4, 0.5) is 0 Å². The summed E-state index contributed by atoms with van der Waals surface area (Å²) < 4.78 is 11.0. The van der Waals surface area contributed by atoms with Crippen LogP contribution in [0, 0.1) is 6.92 Å². The van der Waals surface area contributed by atoms with Crippen LogP contribution in [0.3, 0.4) is 0 Å². The van der Waals surface area contributed by atoms with Crippen molar-refractivity contribution in [3.63, 3.8) is 0 Å². The fourth-order valence-electron chi connectivity index (χ4n) is 2.10. The highest BCUT2D eigenvalue weighted by Gasteiger charge is 2.13. The molecule has 1 aromatic rings. The molecule has 1 heterocycles. The lowest BCUT2D eigenvalue weighted by Crippen LogP contribution is -2.38. The number of hydrogen-bond acceptors (Lipinski definition) is 5. The lowest BCUT2D eigenvalue weighted by atomic mass is 9.79. The molecule has 1 aromatic carbocycles. The first-order valence-corrected chi connectivity index (χ1v) is 6.56. The molecule has 0 atom stereocenters. The molecule has 2 N–H and O–H groups in total. The van der Waals surface area contributed by atoms with Crippen molar-refractivity contribution in [2.75, 3.05) is 39.5 Å². The van der Waals surface area contributed by atoms with Gasteiger partial charge in [0, 0.05) is 19.6 Å². The summed E-state index contributed by atoms with van der Waals surface area (Å²) >= 11 is 0. The van der Waals surface area contributed by atoms with Gasteiger partial charge in [-0.05, 0) is 24.0 Å². The monoisotopic (exact) mass is 265 g/mol. The molecule has 2 rings (SSSR count). The van der Waals surface area contributed by atoms with Crippen LogP contribution in [0.25, 0.3) is 0 Å². The van der Waals surface area contributed by atoms with Crippen molar-refractivity contribution in [1.82, 2.24) is 4.90 Å². The van der Waals surface area contributed by atoms with Crippen LogP contribution < -0.4 is 10.2 Å². The van der Waals surface area contributed by atoms with Gasteiger partial charge in [-0.15, -0.1) is 0 Å². The minimum Gasteiger partial charge on any atom is -0.492 e. The molecule has 5 nitrogen and oxygen atoms in total. The van der Waals surface area contributed by atoms with Gasteiger partial charge in [-0.25, -0.2) is 0 Å². The third-order valence-electron chi connectivity index (χ3n) is 3.27. The van der Waals surface area contributed by atoms with Gasteiger partial charge in [0.1, 0.15) is 12.4 Å². The van der Waals surface area contributed by atoms with Gasteiger partial charge in [0.05, 0.1) is 13.2 Å². The fraction of sp³-hybridized carbons (Fsp3) is 0.538. The lowest BCUT2D eigenvalue weighted by molar-refractivity contribution is 0.0322. The number of nitrogens with zero attached hydrogens (tertiary/aromatic N) is 1. The Balaban J connectivity index is 1.82. The van der Waals surface area contributed by atoms with Crippen LogP contribution in [0.5, 0.6) is 5.75 Å². The van der Waals surface area contributed by atoms with Gasteiger partial charge in [-0.1, -0.05) is 12.1 Å². The highest BCUT2D eigenvalue weighted by Crippen LogP contribution is 2.15. The summed E-state index contributed by atoms with van der Waals surface area (Å²) in [4.78, 5) is 2.31. The molecule has 0 bridgehead atoms. The number of ether oxygens (including phenoxy) is 2. The third kappa shape index (κ3) is 4.21. The number of hydrogen-bond donors (Lipinski definition) is 2. The Morgan fingerprint density at radius 2 is 2.05 bits per heavy atom. The zero-order valence-electron chi connectivity index (χ0n) is 11.2. The van der Waals surface area contributed by atoms with E-state index < -0.39 is 7.12 Å². The van der Waals surface area contributed by atoms with E-state index in [4.69, 9.17) is 19.5 Å². The van der Waals surface area contributed by atoms with Crippen LogP contribution in [-0.2, 0) is 4.74 Å². The topological polar surface area (TPSA) is 62.2 Å². The molecule has 0 amide bonds. The Morgan fingerprint density at radius 1 is 1.32 bits per heavy atom. The van der Waals surface area contributed by atoms with E-state index in [-0.39, 0.29) is 0 Å². The number of benzene rings is 1. The van der Waals surface area contributed by atoms with Gasteiger partial charge in [0.25, 0.3) is 0 Å². The molecule has 6 heteroatoms. The molecule has 1 saturated heterocycles. The van der Waals surface area contributed by atoms with Gasteiger partial charge >= 0.3 is 7.12 Å². The van der Waals surface area contributed by atoms with Crippen molar-refractivity contribution in [3.8, 4) is 5.75 Å². The van der Waals surface area contributed by atoms with E-state index in [2.05, 4.69) is 4.90 Å². The predicted octanol–water partition coefficient (Wildman–Crippen LogP) is -0.614. The molecule has 0 unspecified atom stereocenters. The van der Waals surface area contributed by atoms with E-state index in [1.807, 2.05) is 6.92 Å². The molecule has 1 aliphatic rings. The lowest BCUT2D eigenvalue weighted by Gasteiger charge is -2.26. The van der Waals surface area contributed by atoms with Gasteiger partial charge in [-0.3, -0.25) is 4.90 Å². The van der Waals surface area contributed by atoms with Gasteiger partial charge in [0.2, 0.25) is 0 Å². The highest BCUT2D eigenvalue weighted by atomic mass is 16.5. The van der Waals surface area contributed by atoms with Crippen LogP contribution in [-0.4, -0.2) is 61.5 Å². The maximum Gasteiger partial charge on any atom is 0.488 e. The Hall–Kier alpha value is -1.08. The maximum atomic E-state index is 9.08. The molecule has 0 aromatic heterocycles. The van der Waals surface area contributed by atoms with Crippen molar-refractivity contribution in [1.29, 1.82) is 0 Å². The number of aryl methyl sites for hydroxylation is 1. The molecule has 0 spiro atoms. The van der Waals surface area contributed by atoms with Crippen molar-refractivity contribution in [2.24, 2.45) is 0 Å². The van der Waals surface area contributed by atoms with E-state index in [9.17, 15) is 0 Å². The Morgan fingerprint density at radius 3 is 2.68 bits per heavy atom. The first-order chi connectivity index (χ1) is 9.16. The predicted molar refractivity (Wildman–Crippen MR) is 73.8 cm³/mol. The number of morpholine rings is 1. The zero-order chi connectivity index (χ0) is 13.7. The highest BCUT2D eigenvalue weighted by molar-refractivity contribution is 6.58. The third-order valence-corrected chi connectivity index (χ3v) is 3.27. The minimum atomic E-state index is -1.43. The molecule has 0 saturated carbocycles. The van der Waals surface area contributed by atoms with Crippen LogP contribution in [0.15, 0.2) is 18.2 Å². The average Bonchev–Trinajstić information content (AvgIpc) is 2.41. The standard InChI is InChI=1S/C13H20BNO4/c1-11-10-12(14(16)17)2-3-13(11)19-9-6-15-4-7-18-8-5-15/h2-3,10,16-17H,4-9H2,1H3. The molecule has 1 aliphatic heterocycles. The van der Waals surface area contributed by atoms with E-state index >= 15 is 0 Å². The van der Waals surface area contributed by atoms with E-state index in [1.54, 1.807) is 18.2 Å². The summed E-state index contributed by atoms with van der Waals surface area (Å²) in [7, 11) is -1.43. The zero-order valence-corrected chi connectivity index (χ0v) is 11.2. The smallest absolute Gasteiger partial charge is 0.488 e. The van der Waals surface area contributed by atoms with Crippen molar-refractivity contribution in [3.05, 3.63) is 23.8 Å². The molecule has 0 radical (unpaired) electrons. The average molecular weight is 265 g/mol. The van der Waals surface area contributed by atoms with Crippen molar-refractivity contribution >= 4 is 12.6 Å². The van der Waals surface area contributed by atoms with Gasteiger partial charge < -0.3 is 19.5 Å². The second kappa shape index (κ2) is 6.91. The Bertz CT molecular complexity index is 408. The quantitative estimate of drug-likeness (QED) is 0.695. The van der Waals surface area contributed by atoms with Crippen LogP contribution >= 0.6 is 0 Å². The first kappa shape index (κ1) is 14.3. The van der Waals surface area contributed by atoms with Crippen LogP contribution in [0.1, 0.15) is 5.56 Å². The molecule has 104 valence electrons. The van der Waals surface area contributed by atoms with Crippen molar-refractivity contribution < 1.29 is 19.5 Å². The van der Waals surface area contributed by atoms with Gasteiger partial charge in [-0.2, -0.15) is 0 Å². The maximum absolute atomic E-state index is 9.08. The largest absolute Gasteiger partial charge is 0.492 e. The summed E-state index contributed by atoms with van der Waals surface area (Å²) in [6.07, 6.45) is 0. The molecule has 0 aliphatic carbocycles. The van der Waals surface area contributed by atoms with E-state index in [0.29, 0.717) is 12.1 Å². The fourth-order valence-corrected chi connectivity index (χ4v) is 2.10. The molecular weight excluding hydrogens is 245 g/mol. The minimum absolute atomic E-state index is 0.484. The summed E-state index contributed by atoms with van der Waals surface area (Å²) in [6, 6.07) is 5.18.